The van der Waals surface area contributed by atoms with Crippen molar-refractivity contribution in [1.29, 1.82) is 0 Å². The molecule has 0 saturated carbocycles. The Balaban J connectivity index is 2.30. The van der Waals surface area contributed by atoms with Gasteiger partial charge in [-0.1, -0.05) is 0 Å². The van der Waals surface area contributed by atoms with Crippen LogP contribution in [0.4, 0.5) is 0 Å². The van der Waals surface area contributed by atoms with E-state index in [0.717, 1.165) is 16.7 Å². The first-order valence-electron chi connectivity index (χ1n) is 5.30. The molecule has 0 radical (unpaired) electrons. The average Bonchev–Trinajstić information content (AvgIpc) is 2.67. The fraction of sp³-hybridized carbons (Fsp3) is 0.333. The summed E-state index contributed by atoms with van der Waals surface area (Å²) in [5, 5.41) is 1.05. The Morgan fingerprint density at radius 1 is 1.29 bits per heavy atom. The number of aromatic nitrogens is 1. The molecule has 0 amide bonds. The summed E-state index contributed by atoms with van der Waals surface area (Å²) in [6, 6.07) is 7.71. The Bertz CT molecular complexity index is 628. The van der Waals surface area contributed by atoms with Crippen LogP contribution in [-0.4, -0.2) is 32.1 Å². The van der Waals surface area contributed by atoms with Crippen molar-refractivity contribution in [1.82, 2.24) is 4.57 Å². The molecule has 92 valence electrons. The molecule has 1 aromatic carbocycles. The highest BCUT2D eigenvalue weighted by Crippen LogP contribution is 2.21. The molecule has 2 rings (SSSR count). The van der Waals surface area contributed by atoms with Crippen LogP contribution in [0.2, 0.25) is 0 Å². The van der Waals surface area contributed by atoms with Gasteiger partial charge in [0.2, 0.25) is 0 Å². The largest absolute Gasteiger partial charge is 0.497 e. The minimum absolute atomic E-state index is 0.156. The van der Waals surface area contributed by atoms with Crippen LogP contribution in [0.25, 0.3) is 10.9 Å². The minimum Gasteiger partial charge on any atom is -0.497 e. The van der Waals surface area contributed by atoms with Crippen molar-refractivity contribution >= 4 is 20.7 Å². The van der Waals surface area contributed by atoms with E-state index in [1.54, 1.807) is 7.11 Å². The average molecular weight is 253 g/mol. The summed E-state index contributed by atoms with van der Waals surface area (Å²) in [6.07, 6.45) is 3.15. The third-order valence-electron chi connectivity index (χ3n) is 2.68. The number of sulfone groups is 1. The SMILES string of the molecule is COc1ccc2c(ccn2CCS(C)(=O)=O)c1. The van der Waals surface area contributed by atoms with Gasteiger partial charge >= 0.3 is 0 Å². The second-order valence-electron chi connectivity index (χ2n) is 4.06. The highest BCUT2D eigenvalue weighted by Gasteiger charge is 2.06. The van der Waals surface area contributed by atoms with E-state index in [-0.39, 0.29) is 5.75 Å². The van der Waals surface area contributed by atoms with Crippen LogP contribution in [0.3, 0.4) is 0 Å². The van der Waals surface area contributed by atoms with E-state index in [1.165, 1.54) is 6.26 Å². The van der Waals surface area contributed by atoms with Gasteiger partial charge in [-0.05, 0) is 24.3 Å². The van der Waals surface area contributed by atoms with Crippen LogP contribution >= 0.6 is 0 Å². The summed E-state index contributed by atoms with van der Waals surface area (Å²) in [7, 11) is -1.30. The Morgan fingerprint density at radius 2 is 2.06 bits per heavy atom. The van der Waals surface area contributed by atoms with E-state index in [9.17, 15) is 8.42 Å². The van der Waals surface area contributed by atoms with E-state index >= 15 is 0 Å². The molecule has 0 spiro atoms. The van der Waals surface area contributed by atoms with Crippen molar-refractivity contribution in [2.24, 2.45) is 0 Å². The first kappa shape index (κ1) is 12.0. The van der Waals surface area contributed by atoms with Crippen molar-refractivity contribution in [3.63, 3.8) is 0 Å². The van der Waals surface area contributed by atoms with Crippen molar-refractivity contribution in [3.8, 4) is 5.75 Å². The lowest BCUT2D eigenvalue weighted by Gasteiger charge is -2.05. The maximum absolute atomic E-state index is 11.1. The third kappa shape index (κ3) is 2.79. The molecule has 0 unspecified atom stereocenters. The number of fused-ring (bicyclic) bond motifs is 1. The van der Waals surface area contributed by atoms with E-state index in [1.807, 2.05) is 35.0 Å². The van der Waals surface area contributed by atoms with Crippen molar-refractivity contribution in [3.05, 3.63) is 30.5 Å². The van der Waals surface area contributed by atoms with Crippen LogP contribution in [-0.2, 0) is 16.4 Å². The van der Waals surface area contributed by atoms with E-state index in [2.05, 4.69) is 0 Å². The fourth-order valence-electron chi connectivity index (χ4n) is 1.76. The zero-order chi connectivity index (χ0) is 12.5. The van der Waals surface area contributed by atoms with Gasteiger partial charge in [-0.15, -0.1) is 0 Å². The zero-order valence-corrected chi connectivity index (χ0v) is 10.7. The number of nitrogens with zero attached hydrogens (tertiary/aromatic N) is 1. The highest BCUT2D eigenvalue weighted by atomic mass is 32.2. The molecule has 0 N–H and O–H groups in total. The molecule has 0 atom stereocenters. The van der Waals surface area contributed by atoms with Crippen LogP contribution in [0.15, 0.2) is 30.5 Å². The Labute approximate surface area is 101 Å². The molecule has 0 aliphatic rings. The number of methoxy groups -OCH3 is 1. The van der Waals surface area contributed by atoms with E-state index in [4.69, 9.17) is 4.74 Å². The molecule has 0 fully saturated rings. The molecule has 5 heteroatoms. The molecule has 0 aliphatic carbocycles. The predicted octanol–water partition coefficient (Wildman–Crippen LogP) is 1.69. The minimum atomic E-state index is -2.93. The van der Waals surface area contributed by atoms with E-state index < -0.39 is 9.84 Å². The Kier molecular flexibility index (Phi) is 3.11. The summed E-state index contributed by atoms with van der Waals surface area (Å²) in [5.41, 5.74) is 1.02. The monoisotopic (exact) mass is 253 g/mol. The first-order valence-corrected chi connectivity index (χ1v) is 7.36. The van der Waals surface area contributed by atoms with Gasteiger partial charge < -0.3 is 9.30 Å². The van der Waals surface area contributed by atoms with Crippen molar-refractivity contribution < 1.29 is 13.2 Å². The smallest absolute Gasteiger partial charge is 0.149 e. The zero-order valence-electron chi connectivity index (χ0n) is 9.88. The molecule has 2 aromatic rings. The van der Waals surface area contributed by atoms with Crippen LogP contribution in [0.1, 0.15) is 0 Å². The summed E-state index contributed by atoms with van der Waals surface area (Å²) < 4.78 is 29.3. The Morgan fingerprint density at radius 3 is 2.71 bits per heavy atom. The maximum atomic E-state index is 11.1. The molecule has 1 heterocycles. The van der Waals surface area contributed by atoms with Gasteiger partial charge in [0.15, 0.2) is 0 Å². The van der Waals surface area contributed by atoms with Crippen molar-refractivity contribution in [2.45, 2.75) is 6.54 Å². The molecule has 4 nitrogen and oxygen atoms in total. The number of aryl methyl sites for hydroxylation is 1. The number of hydrogen-bond acceptors (Lipinski definition) is 3. The second kappa shape index (κ2) is 4.41. The molecular weight excluding hydrogens is 238 g/mol. The lowest BCUT2D eigenvalue weighted by Crippen LogP contribution is -2.10. The van der Waals surface area contributed by atoms with Gasteiger partial charge in [0.05, 0.1) is 12.9 Å². The number of benzene rings is 1. The van der Waals surface area contributed by atoms with Crippen molar-refractivity contribution in [2.75, 3.05) is 19.1 Å². The van der Waals surface area contributed by atoms with Gasteiger partial charge in [-0.2, -0.15) is 0 Å². The summed E-state index contributed by atoms with van der Waals surface area (Å²) in [5.74, 6) is 0.960. The van der Waals surface area contributed by atoms with Gasteiger partial charge in [-0.3, -0.25) is 0 Å². The second-order valence-corrected chi connectivity index (χ2v) is 6.32. The molecule has 17 heavy (non-hydrogen) atoms. The fourth-order valence-corrected chi connectivity index (χ4v) is 2.29. The number of ether oxygens (including phenoxy) is 1. The molecule has 1 aromatic heterocycles. The van der Waals surface area contributed by atoms with Gasteiger partial charge in [-0.25, -0.2) is 8.42 Å². The van der Waals surface area contributed by atoms with Crippen LogP contribution in [0, 0.1) is 0 Å². The summed E-state index contributed by atoms with van der Waals surface area (Å²) >= 11 is 0. The van der Waals surface area contributed by atoms with Gasteiger partial charge in [0, 0.05) is 29.9 Å². The third-order valence-corrected chi connectivity index (χ3v) is 3.61. The molecular formula is C12H15NO3S. The summed E-state index contributed by atoms with van der Waals surface area (Å²) in [6.45, 7) is 0.481. The molecule has 0 bridgehead atoms. The quantitative estimate of drug-likeness (QED) is 0.833. The lowest BCUT2D eigenvalue weighted by molar-refractivity contribution is 0.415. The predicted molar refractivity (Wildman–Crippen MR) is 68.2 cm³/mol. The lowest BCUT2D eigenvalue weighted by atomic mass is 10.2. The number of rotatable bonds is 4. The van der Waals surface area contributed by atoms with Gasteiger partial charge in [0.25, 0.3) is 0 Å². The van der Waals surface area contributed by atoms with Gasteiger partial charge in [0.1, 0.15) is 15.6 Å². The van der Waals surface area contributed by atoms with E-state index in [0.29, 0.717) is 6.54 Å². The Hall–Kier alpha value is -1.49. The standard InChI is InChI=1S/C12H15NO3S/c1-16-11-3-4-12-10(9-11)5-6-13(12)7-8-17(2,14)15/h3-6,9H,7-8H2,1-2H3. The first-order chi connectivity index (χ1) is 7.99. The van der Waals surface area contributed by atoms with Crippen LogP contribution in [0.5, 0.6) is 5.75 Å². The molecule has 0 aliphatic heterocycles. The highest BCUT2D eigenvalue weighted by molar-refractivity contribution is 7.90. The maximum Gasteiger partial charge on any atom is 0.149 e. The molecule has 0 saturated heterocycles. The summed E-state index contributed by atoms with van der Waals surface area (Å²) in [4.78, 5) is 0. The number of hydrogen-bond donors (Lipinski definition) is 0. The normalized spacial score (nSPS) is 11.9. The topological polar surface area (TPSA) is 48.3 Å². The van der Waals surface area contributed by atoms with Crippen LogP contribution < -0.4 is 4.74 Å².